The molecule has 4 nitrogen and oxygen atoms in total. The third-order valence-corrected chi connectivity index (χ3v) is 6.00. The van der Waals surface area contributed by atoms with E-state index in [2.05, 4.69) is 38.3 Å². The predicted molar refractivity (Wildman–Crippen MR) is 105 cm³/mol. The van der Waals surface area contributed by atoms with Crippen LogP contribution in [0.1, 0.15) is 29.3 Å². The van der Waals surface area contributed by atoms with Crippen LogP contribution in [0.15, 0.2) is 40.2 Å². The molecule has 0 aliphatic carbocycles. The molecule has 25 heavy (non-hydrogen) atoms. The Bertz CT molecular complexity index is 720. The van der Waals surface area contributed by atoms with Crippen LogP contribution < -0.4 is 4.74 Å². The van der Waals surface area contributed by atoms with Crippen LogP contribution in [0.4, 0.5) is 0 Å². The zero-order valence-corrected chi connectivity index (χ0v) is 17.0. The molecule has 6 heteroatoms. The molecular formula is C19H23BrN2O2S. The number of benzene rings is 1. The van der Waals surface area contributed by atoms with Gasteiger partial charge in [0.05, 0.1) is 19.7 Å². The van der Waals surface area contributed by atoms with Crippen molar-refractivity contribution in [2.75, 3.05) is 27.2 Å². The highest BCUT2D eigenvalue weighted by molar-refractivity contribution is 9.10. The first-order chi connectivity index (χ1) is 12.1. The first kappa shape index (κ1) is 18.4. The number of hydrogen-bond acceptors (Lipinski definition) is 4. The monoisotopic (exact) mass is 422 g/mol. The molecule has 0 N–H and O–H groups in total. The van der Waals surface area contributed by atoms with Gasteiger partial charge in [0.1, 0.15) is 5.75 Å². The summed E-state index contributed by atoms with van der Waals surface area (Å²) in [7, 11) is 3.65. The largest absolute Gasteiger partial charge is 0.496 e. The van der Waals surface area contributed by atoms with Crippen molar-refractivity contribution in [3.63, 3.8) is 0 Å². The summed E-state index contributed by atoms with van der Waals surface area (Å²) < 4.78 is 6.44. The fraction of sp³-hybridized carbons (Fsp3) is 0.421. The number of thiophene rings is 1. The van der Waals surface area contributed by atoms with Gasteiger partial charge in [-0.15, -0.1) is 11.3 Å². The van der Waals surface area contributed by atoms with Crippen LogP contribution in [0.2, 0.25) is 0 Å². The van der Waals surface area contributed by atoms with Crippen molar-refractivity contribution in [2.24, 2.45) is 0 Å². The number of likely N-dealkylation sites (tertiary alicyclic amines) is 1. The smallest absolute Gasteiger partial charge is 0.237 e. The normalized spacial score (nSPS) is 17.3. The van der Waals surface area contributed by atoms with Gasteiger partial charge in [-0.25, -0.2) is 0 Å². The fourth-order valence-corrected chi connectivity index (χ4v) is 4.66. The number of ether oxygens (including phenoxy) is 1. The van der Waals surface area contributed by atoms with Crippen LogP contribution >= 0.6 is 27.3 Å². The van der Waals surface area contributed by atoms with Crippen molar-refractivity contribution in [3.05, 3.63) is 50.6 Å². The molecule has 0 bridgehead atoms. The lowest BCUT2D eigenvalue weighted by Gasteiger charge is -2.27. The van der Waals surface area contributed by atoms with Crippen LogP contribution in [-0.2, 0) is 11.3 Å². The van der Waals surface area contributed by atoms with Gasteiger partial charge >= 0.3 is 0 Å². The maximum atomic E-state index is 12.8. The molecule has 1 atom stereocenters. The van der Waals surface area contributed by atoms with Crippen molar-refractivity contribution in [1.29, 1.82) is 0 Å². The van der Waals surface area contributed by atoms with Gasteiger partial charge in [0, 0.05) is 28.0 Å². The van der Waals surface area contributed by atoms with Gasteiger partial charge in [0.2, 0.25) is 5.91 Å². The second-order valence-corrected chi connectivity index (χ2v) is 8.28. The number of carbonyl (C=O) groups excluding carboxylic acids is 1. The number of nitrogens with zero attached hydrogens (tertiary/aromatic N) is 2. The molecule has 1 amide bonds. The average molecular weight is 423 g/mol. The lowest BCUT2D eigenvalue weighted by atomic mass is 10.2. The molecule has 0 spiro atoms. The lowest BCUT2D eigenvalue weighted by Crippen LogP contribution is -2.38. The van der Waals surface area contributed by atoms with Gasteiger partial charge in [-0.2, -0.15) is 0 Å². The highest BCUT2D eigenvalue weighted by atomic mass is 79.9. The number of hydrogen-bond donors (Lipinski definition) is 0. The van der Waals surface area contributed by atoms with Crippen LogP contribution in [0.25, 0.3) is 0 Å². The topological polar surface area (TPSA) is 32.8 Å². The van der Waals surface area contributed by atoms with Gasteiger partial charge in [-0.1, -0.05) is 22.0 Å². The minimum Gasteiger partial charge on any atom is -0.496 e. The van der Waals surface area contributed by atoms with Crippen LogP contribution in [0.5, 0.6) is 5.75 Å². The lowest BCUT2D eigenvalue weighted by molar-refractivity contribution is -0.133. The van der Waals surface area contributed by atoms with Gasteiger partial charge in [0.15, 0.2) is 0 Å². The van der Waals surface area contributed by atoms with E-state index in [0.29, 0.717) is 13.1 Å². The van der Waals surface area contributed by atoms with Crippen molar-refractivity contribution < 1.29 is 9.53 Å². The molecule has 0 radical (unpaired) electrons. The summed E-state index contributed by atoms with van der Waals surface area (Å²) in [5, 5.41) is 2.09. The standard InChI is InChI=1S/C19H23BrN2O2S/c1-21(12-14-11-15(20)7-8-17(14)24-2)13-19(23)22-9-3-5-16(22)18-6-4-10-25-18/h4,6-8,10-11,16H,3,5,9,12-13H2,1-2H3. The van der Waals surface area contributed by atoms with E-state index in [1.807, 2.05) is 30.1 Å². The van der Waals surface area contributed by atoms with E-state index in [4.69, 9.17) is 4.74 Å². The number of halogens is 1. The Labute approximate surface area is 161 Å². The van der Waals surface area contributed by atoms with Crippen molar-refractivity contribution in [1.82, 2.24) is 9.80 Å². The minimum absolute atomic E-state index is 0.201. The maximum absolute atomic E-state index is 12.8. The van der Waals surface area contributed by atoms with Crippen molar-refractivity contribution in [2.45, 2.75) is 25.4 Å². The number of rotatable bonds is 6. The minimum atomic E-state index is 0.201. The summed E-state index contributed by atoms with van der Waals surface area (Å²) in [6, 6.07) is 10.4. The van der Waals surface area contributed by atoms with E-state index in [1.165, 1.54) is 4.88 Å². The number of methoxy groups -OCH3 is 1. The number of likely N-dealkylation sites (N-methyl/N-ethyl adjacent to an activating group) is 1. The predicted octanol–water partition coefficient (Wildman–Crippen LogP) is 4.31. The molecule has 1 fully saturated rings. The number of carbonyl (C=O) groups is 1. The first-order valence-corrected chi connectivity index (χ1v) is 10.1. The summed E-state index contributed by atoms with van der Waals surface area (Å²) in [4.78, 5) is 18.2. The van der Waals surface area contributed by atoms with E-state index >= 15 is 0 Å². The van der Waals surface area contributed by atoms with E-state index in [0.717, 1.165) is 35.2 Å². The molecule has 1 aromatic heterocycles. The van der Waals surface area contributed by atoms with Gasteiger partial charge in [0.25, 0.3) is 0 Å². The molecule has 2 aromatic rings. The van der Waals surface area contributed by atoms with Gasteiger partial charge in [-0.05, 0) is 49.5 Å². The van der Waals surface area contributed by atoms with E-state index in [-0.39, 0.29) is 11.9 Å². The molecule has 1 unspecified atom stereocenters. The average Bonchev–Trinajstić information content (AvgIpc) is 3.26. The zero-order valence-electron chi connectivity index (χ0n) is 14.6. The SMILES string of the molecule is COc1ccc(Br)cc1CN(C)CC(=O)N1CCCC1c1cccs1. The summed E-state index contributed by atoms with van der Waals surface area (Å²) >= 11 is 5.24. The molecule has 2 heterocycles. The molecule has 1 aliphatic rings. The third kappa shape index (κ3) is 4.43. The number of amides is 1. The summed E-state index contributed by atoms with van der Waals surface area (Å²) in [6.45, 7) is 1.94. The van der Waals surface area contributed by atoms with E-state index in [9.17, 15) is 4.79 Å². The highest BCUT2D eigenvalue weighted by Gasteiger charge is 2.30. The summed E-state index contributed by atoms with van der Waals surface area (Å²) in [5.74, 6) is 1.05. The molecule has 134 valence electrons. The van der Waals surface area contributed by atoms with Crippen LogP contribution in [0, 0.1) is 0 Å². The Kier molecular flexibility index (Phi) is 6.15. The first-order valence-electron chi connectivity index (χ1n) is 8.42. The summed E-state index contributed by atoms with van der Waals surface area (Å²) in [5.41, 5.74) is 1.07. The van der Waals surface area contributed by atoms with Crippen LogP contribution in [0.3, 0.4) is 0 Å². The maximum Gasteiger partial charge on any atom is 0.237 e. The van der Waals surface area contributed by atoms with E-state index < -0.39 is 0 Å². The zero-order chi connectivity index (χ0) is 17.8. The van der Waals surface area contributed by atoms with Gasteiger partial charge in [-0.3, -0.25) is 9.69 Å². The van der Waals surface area contributed by atoms with E-state index in [1.54, 1.807) is 18.4 Å². The Morgan fingerprint density at radius 1 is 1.44 bits per heavy atom. The summed E-state index contributed by atoms with van der Waals surface area (Å²) in [6.07, 6.45) is 2.15. The molecular weight excluding hydrogens is 400 g/mol. The molecule has 1 saturated heterocycles. The Hall–Kier alpha value is -1.37. The van der Waals surface area contributed by atoms with Crippen molar-refractivity contribution in [3.8, 4) is 5.75 Å². The second kappa shape index (κ2) is 8.34. The second-order valence-electron chi connectivity index (χ2n) is 6.39. The van der Waals surface area contributed by atoms with Gasteiger partial charge < -0.3 is 9.64 Å². The Morgan fingerprint density at radius 3 is 3.00 bits per heavy atom. The highest BCUT2D eigenvalue weighted by Crippen LogP contribution is 2.34. The molecule has 1 aromatic carbocycles. The molecule has 1 aliphatic heterocycles. The van der Waals surface area contributed by atoms with Crippen LogP contribution in [-0.4, -0.2) is 43.0 Å². The third-order valence-electron chi connectivity index (χ3n) is 4.53. The Morgan fingerprint density at radius 2 is 2.28 bits per heavy atom. The molecule has 3 rings (SSSR count). The van der Waals surface area contributed by atoms with Crippen molar-refractivity contribution >= 4 is 33.2 Å². The fourth-order valence-electron chi connectivity index (χ4n) is 3.38. The Balaban J connectivity index is 1.64. The molecule has 0 saturated carbocycles. The quantitative estimate of drug-likeness (QED) is 0.694.